The van der Waals surface area contributed by atoms with Crippen molar-refractivity contribution in [2.75, 3.05) is 16.8 Å². The Labute approximate surface area is 146 Å². The van der Waals surface area contributed by atoms with Crippen LogP contribution in [0.25, 0.3) is 10.4 Å². The molecule has 3 aromatic rings. The number of anilines is 3. The molecule has 1 atom stereocenters. The number of carbonyl (C=O) groups is 1. The van der Waals surface area contributed by atoms with Gasteiger partial charge in [0.25, 0.3) is 5.91 Å². The molecule has 0 bridgehead atoms. The van der Waals surface area contributed by atoms with Gasteiger partial charge in [-0.3, -0.25) is 4.79 Å². The fourth-order valence-electron chi connectivity index (χ4n) is 2.04. The molecule has 1 amide bonds. The zero-order chi connectivity index (χ0) is 17.8. The van der Waals surface area contributed by atoms with Gasteiger partial charge in [-0.05, 0) is 5.56 Å². The highest BCUT2D eigenvalue weighted by molar-refractivity contribution is 7.19. The SMILES string of the molecule is N#C[C@H](C(=O)Nc1ncc(-c2ccccc2)s1)c1nc(N)nc(N)n1. The lowest BCUT2D eigenvalue weighted by Gasteiger charge is -2.07. The van der Waals surface area contributed by atoms with Crippen molar-refractivity contribution in [2.45, 2.75) is 5.92 Å². The van der Waals surface area contributed by atoms with Crippen LogP contribution in [0, 0.1) is 11.3 Å². The second-order valence-corrected chi connectivity index (χ2v) is 5.89. The summed E-state index contributed by atoms with van der Waals surface area (Å²) in [5, 5.41) is 12.2. The zero-order valence-electron chi connectivity index (χ0n) is 12.7. The Morgan fingerprint density at radius 1 is 1.16 bits per heavy atom. The first-order chi connectivity index (χ1) is 12.1. The molecule has 0 unspecified atom stereocenters. The molecule has 9 nitrogen and oxygen atoms in total. The number of aromatic nitrogens is 4. The van der Waals surface area contributed by atoms with Gasteiger partial charge in [0.05, 0.1) is 10.9 Å². The van der Waals surface area contributed by atoms with E-state index >= 15 is 0 Å². The summed E-state index contributed by atoms with van der Waals surface area (Å²) in [6, 6.07) is 11.4. The molecule has 124 valence electrons. The van der Waals surface area contributed by atoms with Gasteiger partial charge in [-0.2, -0.15) is 20.2 Å². The minimum atomic E-state index is -1.28. The summed E-state index contributed by atoms with van der Waals surface area (Å²) >= 11 is 1.29. The van der Waals surface area contributed by atoms with Gasteiger partial charge in [0.2, 0.25) is 11.9 Å². The Bertz CT molecular complexity index is 929. The van der Waals surface area contributed by atoms with E-state index in [1.54, 1.807) is 6.20 Å². The van der Waals surface area contributed by atoms with Crippen molar-refractivity contribution >= 4 is 34.3 Å². The molecule has 0 saturated carbocycles. The van der Waals surface area contributed by atoms with Crippen LogP contribution >= 0.6 is 11.3 Å². The van der Waals surface area contributed by atoms with Crippen LogP contribution in [0.3, 0.4) is 0 Å². The molecule has 3 rings (SSSR count). The van der Waals surface area contributed by atoms with Crippen LogP contribution in [0.15, 0.2) is 36.5 Å². The standard InChI is InChI=1S/C15H12N8OS/c16-6-9(11-20-13(17)23-14(18)21-11)12(24)22-15-19-7-10(25-15)8-4-2-1-3-5-8/h1-5,7,9H,(H,19,22,24)(H4,17,18,20,21,23)/t9-/m0/s1. The molecule has 0 aliphatic carbocycles. The Morgan fingerprint density at radius 2 is 1.84 bits per heavy atom. The van der Waals surface area contributed by atoms with E-state index in [9.17, 15) is 10.1 Å². The van der Waals surface area contributed by atoms with Crippen molar-refractivity contribution in [3.05, 3.63) is 42.4 Å². The van der Waals surface area contributed by atoms with Gasteiger partial charge in [-0.1, -0.05) is 41.7 Å². The molecule has 0 aliphatic rings. The van der Waals surface area contributed by atoms with Crippen molar-refractivity contribution < 1.29 is 4.79 Å². The number of nitriles is 1. The smallest absolute Gasteiger partial charge is 0.251 e. The average Bonchev–Trinajstić information content (AvgIpc) is 3.04. The zero-order valence-corrected chi connectivity index (χ0v) is 13.6. The molecule has 25 heavy (non-hydrogen) atoms. The third-order valence-corrected chi connectivity index (χ3v) is 4.09. The number of nitrogens with one attached hydrogen (secondary N) is 1. The maximum Gasteiger partial charge on any atom is 0.251 e. The van der Waals surface area contributed by atoms with Gasteiger partial charge in [0.1, 0.15) is 0 Å². The monoisotopic (exact) mass is 352 g/mol. The molecule has 2 heterocycles. The van der Waals surface area contributed by atoms with E-state index in [0.29, 0.717) is 5.13 Å². The molecule has 1 aromatic carbocycles. The van der Waals surface area contributed by atoms with Crippen LogP contribution in [0.4, 0.5) is 17.0 Å². The Kier molecular flexibility index (Phi) is 4.49. The van der Waals surface area contributed by atoms with E-state index in [4.69, 9.17) is 11.5 Å². The molecule has 0 fully saturated rings. The first kappa shape index (κ1) is 16.3. The van der Waals surface area contributed by atoms with E-state index in [0.717, 1.165) is 10.4 Å². The lowest BCUT2D eigenvalue weighted by molar-refractivity contribution is -0.116. The number of carbonyl (C=O) groups excluding carboxylic acids is 1. The summed E-state index contributed by atoms with van der Waals surface area (Å²) in [7, 11) is 0. The van der Waals surface area contributed by atoms with E-state index < -0.39 is 11.8 Å². The highest BCUT2D eigenvalue weighted by atomic mass is 32.1. The maximum absolute atomic E-state index is 12.4. The van der Waals surface area contributed by atoms with Crippen molar-refractivity contribution in [1.29, 1.82) is 5.26 Å². The van der Waals surface area contributed by atoms with Crippen LogP contribution in [-0.2, 0) is 4.79 Å². The molecule has 0 spiro atoms. The van der Waals surface area contributed by atoms with Crippen molar-refractivity contribution in [3.63, 3.8) is 0 Å². The first-order valence-electron chi connectivity index (χ1n) is 7.05. The van der Waals surface area contributed by atoms with E-state index in [2.05, 4.69) is 25.3 Å². The summed E-state index contributed by atoms with van der Waals surface area (Å²) in [6.45, 7) is 0. The van der Waals surface area contributed by atoms with Gasteiger partial charge >= 0.3 is 0 Å². The molecule has 0 aliphatic heterocycles. The van der Waals surface area contributed by atoms with Gasteiger partial charge in [-0.15, -0.1) is 0 Å². The fraction of sp³-hybridized carbons (Fsp3) is 0.0667. The van der Waals surface area contributed by atoms with Crippen LogP contribution in [0.5, 0.6) is 0 Å². The van der Waals surface area contributed by atoms with Gasteiger partial charge in [0.15, 0.2) is 16.9 Å². The van der Waals surface area contributed by atoms with Crippen LogP contribution in [0.1, 0.15) is 11.7 Å². The highest BCUT2D eigenvalue weighted by Crippen LogP contribution is 2.29. The molecular weight excluding hydrogens is 340 g/mol. The minimum Gasteiger partial charge on any atom is -0.368 e. The summed E-state index contributed by atoms with van der Waals surface area (Å²) < 4.78 is 0. The molecule has 0 saturated heterocycles. The minimum absolute atomic E-state index is 0.107. The lowest BCUT2D eigenvalue weighted by Crippen LogP contribution is -2.23. The van der Waals surface area contributed by atoms with E-state index in [1.807, 2.05) is 36.4 Å². The van der Waals surface area contributed by atoms with Gasteiger partial charge in [0, 0.05) is 6.20 Å². The summed E-state index contributed by atoms with van der Waals surface area (Å²) in [5.41, 5.74) is 11.9. The van der Waals surface area contributed by atoms with Crippen molar-refractivity contribution in [3.8, 4) is 16.5 Å². The third kappa shape index (κ3) is 3.67. The number of hydrogen-bond donors (Lipinski definition) is 3. The molecular formula is C15H12N8OS. The first-order valence-corrected chi connectivity index (χ1v) is 7.87. The molecule has 5 N–H and O–H groups in total. The van der Waals surface area contributed by atoms with Gasteiger partial charge < -0.3 is 16.8 Å². The highest BCUT2D eigenvalue weighted by Gasteiger charge is 2.25. The number of hydrogen-bond acceptors (Lipinski definition) is 9. The number of nitrogens with two attached hydrogens (primary N) is 2. The normalized spacial score (nSPS) is 11.5. The molecule has 10 heteroatoms. The summed E-state index contributed by atoms with van der Waals surface area (Å²) in [6.07, 6.45) is 1.65. The number of amides is 1. The largest absolute Gasteiger partial charge is 0.368 e. The Balaban J connectivity index is 1.79. The Hall–Kier alpha value is -3.58. The summed E-state index contributed by atoms with van der Waals surface area (Å²) in [5.74, 6) is -2.32. The van der Waals surface area contributed by atoms with E-state index in [1.165, 1.54) is 11.3 Å². The quantitative estimate of drug-likeness (QED) is 0.636. The van der Waals surface area contributed by atoms with Crippen molar-refractivity contribution in [1.82, 2.24) is 19.9 Å². The Morgan fingerprint density at radius 3 is 2.48 bits per heavy atom. The second-order valence-electron chi connectivity index (χ2n) is 4.86. The van der Waals surface area contributed by atoms with Crippen LogP contribution < -0.4 is 16.8 Å². The third-order valence-electron chi connectivity index (χ3n) is 3.13. The molecule has 0 radical (unpaired) electrons. The lowest BCUT2D eigenvalue weighted by atomic mass is 10.1. The second kappa shape index (κ2) is 6.90. The summed E-state index contributed by atoms with van der Waals surface area (Å²) in [4.78, 5) is 28.6. The number of benzene rings is 1. The fourth-order valence-corrected chi connectivity index (χ4v) is 2.86. The number of nitrogens with zero attached hydrogens (tertiary/aromatic N) is 5. The van der Waals surface area contributed by atoms with E-state index in [-0.39, 0.29) is 17.7 Å². The van der Waals surface area contributed by atoms with Crippen LogP contribution in [-0.4, -0.2) is 25.8 Å². The predicted molar refractivity (Wildman–Crippen MR) is 93.2 cm³/mol. The topological polar surface area (TPSA) is 156 Å². The predicted octanol–water partition coefficient (Wildman–Crippen LogP) is 1.41. The number of thiazole rings is 1. The molecule has 2 aromatic heterocycles. The maximum atomic E-state index is 12.4. The average molecular weight is 352 g/mol. The van der Waals surface area contributed by atoms with Gasteiger partial charge in [-0.25, -0.2) is 4.98 Å². The van der Waals surface area contributed by atoms with Crippen molar-refractivity contribution in [2.24, 2.45) is 0 Å². The number of nitrogen functional groups attached to an aromatic ring is 2. The number of rotatable bonds is 4. The van der Waals surface area contributed by atoms with Crippen LogP contribution in [0.2, 0.25) is 0 Å².